The normalized spacial score (nSPS) is 23.1. The number of rotatable bonds is 3. The van der Waals surface area contributed by atoms with Crippen molar-refractivity contribution in [1.82, 2.24) is 10.3 Å². The van der Waals surface area contributed by atoms with E-state index in [1.165, 1.54) is 12.3 Å². The van der Waals surface area contributed by atoms with Crippen LogP contribution in [0.5, 0.6) is 0 Å². The first-order valence-corrected chi connectivity index (χ1v) is 6.60. The highest BCUT2D eigenvalue weighted by atomic mass is 35.5. The monoisotopic (exact) mass is 288 g/mol. The lowest BCUT2D eigenvalue weighted by Gasteiger charge is -2.19. The van der Waals surface area contributed by atoms with Crippen LogP contribution in [-0.2, 0) is 0 Å². The fourth-order valence-electron chi connectivity index (χ4n) is 2.28. The summed E-state index contributed by atoms with van der Waals surface area (Å²) in [5.41, 5.74) is 0.320. The van der Waals surface area contributed by atoms with Crippen LogP contribution in [0.1, 0.15) is 29.6 Å². The van der Waals surface area contributed by atoms with E-state index in [4.69, 9.17) is 23.2 Å². The summed E-state index contributed by atoms with van der Waals surface area (Å²) in [4.78, 5) is 15.9. The number of aliphatic hydroxyl groups is 1. The van der Waals surface area contributed by atoms with E-state index in [0.717, 1.165) is 19.3 Å². The maximum Gasteiger partial charge on any atom is 0.253 e. The molecule has 1 aliphatic rings. The van der Waals surface area contributed by atoms with Gasteiger partial charge >= 0.3 is 0 Å². The Hall–Kier alpha value is -0.840. The van der Waals surface area contributed by atoms with Crippen molar-refractivity contribution >= 4 is 29.1 Å². The first-order valence-electron chi connectivity index (χ1n) is 5.84. The molecule has 2 unspecified atom stereocenters. The maximum atomic E-state index is 12.1. The van der Waals surface area contributed by atoms with Gasteiger partial charge in [-0.2, -0.15) is 0 Å². The Kier molecular flexibility index (Phi) is 4.43. The van der Waals surface area contributed by atoms with Crippen LogP contribution in [0.3, 0.4) is 0 Å². The fourth-order valence-corrected chi connectivity index (χ4v) is 2.63. The SMILES string of the molecule is O=C(NC1CCCC1CO)c1cc(Cl)ncc1Cl. The van der Waals surface area contributed by atoms with Crippen LogP contribution in [0, 0.1) is 5.92 Å². The zero-order chi connectivity index (χ0) is 13.1. The molecule has 4 nitrogen and oxygen atoms in total. The lowest BCUT2D eigenvalue weighted by Crippen LogP contribution is -2.38. The number of nitrogens with one attached hydrogen (secondary N) is 1. The summed E-state index contributed by atoms with van der Waals surface area (Å²) in [5, 5.41) is 12.6. The number of hydrogen-bond acceptors (Lipinski definition) is 3. The van der Waals surface area contributed by atoms with E-state index in [1.54, 1.807) is 0 Å². The number of halogens is 2. The zero-order valence-corrected chi connectivity index (χ0v) is 11.2. The number of carbonyl (C=O) groups is 1. The molecule has 0 saturated heterocycles. The van der Waals surface area contributed by atoms with E-state index < -0.39 is 0 Å². The first-order chi connectivity index (χ1) is 8.61. The van der Waals surface area contributed by atoms with E-state index in [1.807, 2.05) is 0 Å². The minimum absolute atomic E-state index is 0.00510. The average Bonchev–Trinajstić information content (AvgIpc) is 2.79. The fraction of sp³-hybridized carbons (Fsp3) is 0.500. The van der Waals surface area contributed by atoms with Crippen molar-refractivity contribution < 1.29 is 9.90 Å². The maximum absolute atomic E-state index is 12.1. The molecule has 1 aromatic rings. The molecule has 1 amide bonds. The Bertz CT molecular complexity index is 454. The van der Waals surface area contributed by atoms with Crippen LogP contribution in [0.25, 0.3) is 0 Å². The molecule has 18 heavy (non-hydrogen) atoms. The lowest BCUT2D eigenvalue weighted by molar-refractivity contribution is 0.0916. The summed E-state index contributed by atoms with van der Waals surface area (Å²) in [7, 11) is 0. The summed E-state index contributed by atoms with van der Waals surface area (Å²) in [6.07, 6.45) is 4.19. The first kappa shape index (κ1) is 13.6. The van der Waals surface area contributed by atoms with Gasteiger partial charge in [-0.05, 0) is 18.9 Å². The number of hydrogen-bond donors (Lipinski definition) is 2. The Labute approximate surface area is 115 Å². The number of pyridine rings is 1. The molecule has 2 atom stereocenters. The van der Waals surface area contributed by atoms with Gasteiger partial charge in [-0.15, -0.1) is 0 Å². The molecule has 0 aliphatic heterocycles. The highest BCUT2D eigenvalue weighted by Gasteiger charge is 2.28. The number of aromatic nitrogens is 1. The van der Waals surface area contributed by atoms with Crippen molar-refractivity contribution in [3.05, 3.63) is 28.0 Å². The van der Waals surface area contributed by atoms with Gasteiger partial charge in [0.15, 0.2) is 0 Å². The van der Waals surface area contributed by atoms with E-state index in [0.29, 0.717) is 5.56 Å². The van der Waals surface area contributed by atoms with Gasteiger partial charge in [0.1, 0.15) is 5.15 Å². The summed E-state index contributed by atoms with van der Waals surface area (Å²) in [6.45, 7) is 0.0930. The Balaban J connectivity index is 2.09. The van der Waals surface area contributed by atoms with Crippen LogP contribution in [0.2, 0.25) is 10.2 Å². The smallest absolute Gasteiger partial charge is 0.253 e. The summed E-state index contributed by atoms with van der Waals surface area (Å²) in [5.74, 6) is -0.139. The highest BCUT2D eigenvalue weighted by Crippen LogP contribution is 2.26. The molecule has 0 radical (unpaired) electrons. The van der Waals surface area contributed by atoms with Gasteiger partial charge in [0, 0.05) is 24.8 Å². The quantitative estimate of drug-likeness (QED) is 0.839. The number of nitrogens with zero attached hydrogens (tertiary/aromatic N) is 1. The minimum Gasteiger partial charge on any atom is -0.396 e. The Morgan fingerprint density at radius 3 is 3.00 bits per heavy atom. The Morgan fingerprint density at radius 1 is 1.50 bits per heavy atom. The minimum atomic E-state index is -0.269. The molecule has 0 bridgehead atoms. The van der Waals surface area contributed by atoms with Gasteiger partial charge in [-0.3, -0.25) is 4.79 Å². The van der Waals surface area contributed by atoms with E-state index in [2.05, 4.69) is 10.3 Å². The van der Waals surface area contributed by atoms with Gasteiger partial charge < -0.3 is 10.4 Å². The van der Waals surface area contributed by atoms with Crippen molar-refractivity contribution in [2.75, 3.05) is 6.61 Å². The molecule has 6 heteroatoms. The number of amides is 1. The average molecular weight is 289 g/mol. The molecule has 0 spiro atoms. The molecule has 98 valence electrons. The second-order valence-corrected chi connectivity index (χ2v) is 5.23. The second kappa shape index (κ2) is 5.87. The van der Waals surface area contributed by atoms with Crippen LogP contribution in [0.15, 0.2) is 12.3 Å². The molecule has 1 aliphatic carbocycles. The van der Waals surface area contributed by atoms with Crippen molar-refractivity contribution in [3.63, 3.8) is 0 Å². The molecule has 0 aromatic carbocycles. The van der Waals surface area contributed by atoms with Gasteiger partial charge in [0.25, 0.3) is 5.91 Å². The van der Waals surface area contributed by atoms with Gasteiger partial charge in [0.05, 0.1) is 10.6 Å². The van der Waals surface area contributed by atoms with Crippen molar-refractivity contribution in [2.45, 2.75) is 25.3 Å². The van der Waals surface area contributed by atoms with Crippen molar-refractivity contribution in [2.24, 2.45) is 5.92 Å². The van der Waals surface area contributed by atoms with Gasteiger partial charge in [0.2, 0.25) is 0 Å². The predicted octanol–water partition coefficient (Wildman–Crippen LogP) is 2.28. The molecular formula is C12H14Cl2N2O2. The lowest BCUT2D eigenvalue weighted by atomic mass is 10.0. The third-order valence-electron chi connectivity index (χ3n) is 3.28. The predicted molar refractivity (Wildman–Crippen MR) is 69.9 cm³/mol. The van der Waals surface area contributed by atoms with E-state index in [9.17, 15) is 9.90 Å². The second-order valence-electron chi connectivity index (χ2n) is 4.44. The molecular weight excluding hydrogens is 275 g/mol. The molecule has 2 rings (SSSR count). The molecule has 1 saturated carbocycles. The largest absolute Gasteiger partial charge is 0.396 e. The summed E-state index contributed by atoms with van der Waals surface area (Å²) < 4.78 is 0. The van der Waals surface area contributed by atoms with Crippen molar-refractivity contribution in [1.29, 1.82) is 0 Å². The number of aliphatic hydroxyl groups excluding tert-OH is 1. The van der Waals surface area contributed by atoms with Crippen LogP contribution in [0.4, 0.5) is 0 Å². The van der Waals surface area contributed by atoms with Crippen LogP contribution in [-0.4, -0.2) is 28.6 Å². The molecule has 1 aromatic heterocycles. The molecule has 2 N–H and O–H groups in total. The van der Waals surface area contributed by atoms with Crippen LogP contribution >= 0.6 is 23.2 Å². The summed E-state index contributed by atoms with van der Waals surface area (Å²) in [6, 6.07) is 1.45. The van der Waals surface area contributed by atoms with E-state index >= 15 is 0 Å². The highest BCUT2D eigenvalue weighted by molar-refractivity contribution is 6.35. The molecule has 1 heterocycles. The third-order valence-corrected chi connectivity index (χ3v) is 3.78. The summed E-state index contributed by atoms with van der Waals surface area (Å²) >= 11 is 11.7. The van der Waals surface area contributed by atoms with Gasteiger partial charge in [-0.1, -0.05) is 29.6 Å². The molecule has 1 fully saturated rings. The van der Waals surface area contributed by atoms with Crippen molar-refractivity contribution in [3.8, 4) is 0 Å². The van der Waals surface area contributed by atoms with Gasteiger partial charge in [-0.25, -0.2) is 4.98 Å². The topological polar surface area (TPSA) is 62.2 Å². The third kappa shape index (κ3) is 2.94. The van der Waals surface area contributed by atoms with E-state index in [-0.39, 0.29) is 34.6 Å². The zero-order valence-electron chi connectivity index (χ0n) is 9.70. The number of carbonyl (C=O) groups excluding carboxylic acids is 1. The standard InChI is InChI=1S/C12H14Cl2N2O2/c13-9-5-15-11(14)4-8(9)12(18)16-10-3-1-2-7(10)6-17/h4-5,7,10,17H,1-3,6H2,(H,16,18). The van der Waals surface area contributed by atoms with Crippen LogP contribution < -0.4 is 5.32 Å². The Morgan fingerprint density at radius 2 is 2.28 bits per heavy atom.